The van der Waals surface area contributed by atoms with Gasteiger partial charge in [0, 0.05) is 198 Å². The molecule has 0 saturated heterocycles. The Morgan fingerprint density at radius 1 is 0.252 bits per heavy atom. The Kier molecular flexibility index (Phi) is 62.0. The van der Waals surface area contributed by atoms with Crippen molar-refractivity contribution in [3.05, 3.63) is 523 Å². The van der Waals surface area contributed by atoms with E-state index in [9.17, 15) is 0 Å². The summed E-state index contributed by atoms with van der Waals surface area (Å²) >= 11 is 10.2. The van der Waals surface area contributed by atoms with Crippen LogP contribution in [0.3, 0.4) is 0 Å². The lowest BCUT2D eigenvalue weighted by molar-refractivity contribution is 0.420. The minimum absolute atomic E-state index is 0.949. The first-order valence-electron chi connectivity index (χ1n) is 38.9. The lowest BCUT2D eigenvalue weighted by Crippen LogP contribution is -1.78. The van der Waals surface area contributed by atoms with Gasteiger partial charge in [0.05, 0.1) is 71.5 Å². The normalized spacial score (nSPS) is 8.76. The molecular formula is C96H92N26O3S6. The van der Waals surface area contributed by atoms with E-state index in [4.69, 9.17) is 0 Å². The van der Waals surface area contributed by atoms with Crippen LogP contribution in [0.1, 0.15) is 0 Å². The van der Waals surface area contributed by atoms with Gasteiger partial charge in [-0.3, -0.25) is 40.0 Å². The molecule has 0 unspecified atom stereocenters. The summed E-state index contributed by atoms with van der Waals surface area (Å²) in [5.74, 6) is 0. The van der Waals surface area contributed by atoms with Crippen molar-refractivity contribution in [1.82, 2.24) is 129 Å². The molecule has 6 N–H and O–H groups in total. The second-order valence-electron chi connectivity index (χ2n) is 22.7. The fourth-order valence-corrected chi connectivity index (χ4v) is 11.9. The van der Waals surface area contributed by atoms with Gasteiger partial charge in [-0.25, -0.2) is 54.2 Å². The Morgan fingerprint density at radius 3 is 1.12 bits per heavy atom. The third-order valence-corrected chi connectivity index (χ3v) is 18.1. The van der Waals surface area contributed by atoms with Crippen LogP contribution in [0.15, 0.2) is 536 Å². The van der Waals surface area contributed by atoms with Crippen molar-refractivity contribution in [3.63, 3.8) is 0 Å². The van der Waals surface area contributed by atoms with Gasteiger partial charge in [0.15, 0.2) is 6.39 Å². The monoisotopic (exact) mass is 1850 g/mol. The number of hydrogen-bond donors (Lipinski definition) is 6. The highest BCUT2D eigenvalue weighted by Crippen LogP contribution is 2.25. The number of benzene rings is 4. The number of rotatable bonds is 0. The van der Waals surface area contributed by atoms with Crippen LogP contribution >= 0.6 is 68.2 Å². The summed E-state index contributed by atoms with van der Waals surface area (Å²) in [7, 11) is 0. The van der Waals surface area contributed by atoms with Crippen molar-refractivity contribution >= 4 is 121 Å². The topological polar surface area (TPSA) is 392 Å². The Bertz CT molecular complexity index is 4960. The van der Waals surface area contributed by atoms with Crippen molar-refractivity contribution in [1.29, 1.82) is 0 Å². The van der Waals surface area contributed by atoms with Crippen LogP contribution in [0, 0.1) is 0 Å². The summed E-state index contributed by atoms with van der Waals surface area (Å²) in [6.07, 6.45) is 67.0. The fourth-order valence-electron chi connectivity index (χ4n) is 8.11. The summed E-state index contributed by atoms with van der Waals surface area (Å²) in [5.41, 5.74) is 7.02. The van der Waals surface area contributed by atoms with Crippen LogP contribution in [0.2, 0.25) is 0 Å². The zero-order valence-corrected chi connectivity index (χ0v) is 75.2. The highest BCUT2D eigenvalue weighted by Gasteiger charge is 1.93. The number of H-pyrrole nitrogens is 6. The second-order valence-corrected chi connectivity index (χ2v) is 27.8. The number of hydrogen-bond acceptors (Lipinski definition) is 29. The Labute approximate surface area is 780 Å². The van der Waals surface area contributed by atoms with Gasteiger partial charge in [-0.1, -0.05) is 90.1 Å². The van der Waals surface area contributed by atoms with Crippen molar-refractivity contribution in [2.45, 2.75) is 0 Å². The molecular weight excluding hydrogens is 1760 g/mol. The van der Waals surface area contributed by atoms with Crippen molar-refractivity contribution in [2.24, 2.45) is 0 Å². The van der Waals surface area contributed by atoms with E-state index >= 15 is 0 Å². The summed E-state index contributed by atoms with van der Waals surface area (Å²) in [5, 5.41) is 26.5. The largest absolute Gasteiger partial charge is 0.473 e. The molecule has 0 fully saturated rings. The maximum Gasteiger partial charge on any atom is 0.180 e. The first kappa shape index (κ1) is 103. The van der Waals surface area contributed by atoms with E-state index in [0.29, 0.717) is 0 Å². The molecule has 0 amide bonds. The molecule has 22 heterocycles. The summed E-state index contributed by atoms with van der Waals surface area (Å²) < 4.78 is 21.3. The first-order chi connectivity index (χ1) is 65.3. The van der Waals surface area contributed by atoms with Gasteiger partial charge in [0.25, 0.3) is 0 Å². The maximum atomic E-state index is 4.58. The number of para-hydroxylation sites is 5. The van der Waals surface area contributed by atoms with E-state index in [0.717, 1.165) is 22.1 Å². The smallest absolute Gasteiger partial charge is 0.180 e. The third-order valence-electron chi connectivity index (χ3n) is 13.6. The van der Waals surface area contributed by atoms with Gasteiger partial charge >= 0.3 is 0 Å². The average molecular weight is 1850 g/mol. The number of fused-ring (bicyclic) bond motifs is 5. The van der Waals surface area contributed by atoms with Crippen LogP contribution in [-0.4, -0.2) is 129 Å². The molecule has 22 aromatic heterocycles. The lowest BCUT2D eigenvalue weighted by Gasteiger charge is -1.90. The number of thiazole rings is 1. The zero-order chi connectivity index (χ0) is 91.3. The third kappa shape index (κ3) is 58.7. The Balaban J connectivity index is 0.000000213. The molecule has 29 nitrogen and oxygen atoms in total. The van der Waals surface area contributed by atoms with Crippen molar-refractivity contribution in [2.75, 3.05) is 0 Å². The van der Waals surface area contributed by atoms with Gasteiger partial charge in [-0.15, -0.1) is 45.3 Å². The number of aromatic nitrogens is 26. The predicted octanol–water partition coefficient (Wildman–Crippen LogP) is 24.2. The van der Waals surface area contributed by atoms with Gasteiger partial charge in [0.2, 0.25) is 0 Å². The molecule has 131 heavy (non-hydrogen) atoms. The van der Waals surface area contributed by atoms with E-state index in [1.807, 2.05) is 186 Å². The number of pyridine rings is 2. The number of imidazole rings is 3. The van der Waals surface area contributed by atoms with Gasteiger partial charge in [0.1, 0.15) is 31.5 Å². The predicted molar refractivity (Wildman–Crippen MR) is 529 cm³/mol. The maximum absolute atomic E-state index is 4.58. The van der Waals surface area contributed by atoms with Crippen LogP contribution < -0.4 is 0 Å². The zero-order valence-electron chi connectivity index (χ0n) is 70.3. The standard InChI is InChI=1S/C8H6N2.C8H7N.C8H6S.C7H6N2.C6H4S2.2C5H5N.4C4H4N2.C4H5N.C4H4O.C4H4S.3C3H4N2.2C3H3NO.2C3H3NS/c1-2-4-8-7(3-1)9-5-6-10-8;2*1-2-4-8-7(3-1)5-6-9-8;1-2-4-7-6(3-1)8-5-9-7;1-3-7-6-2-4-8-5(1)6;2*1-2-4-6-5-3-1;1-2-6-4-3-5-1;3*1-2-5-4-6-3-1;3*1-2-4-5-3-1;2*1-2-5-3-4-1;1-2-4-5-3-1;1-2-5-3-4-1;1-2-4-5-3-1;1-2-5-3-4-1;1-2-4-5-3-1/h1-6H;1-6,9H;1-6H;1-5H,(H,8,9);1-4H;2*1-5H;4*1-4H;1-5H;2*1-4H;3*1-3H,(H,4,5);4*1-3H. The quantitative estimate of drug-likeness (QED) is 0.0821. The molecule has 35 heteroatoms. The minimum Gasteiger partial charge on any atom is -0.473 e. The van der Waals surface area contributed by atoms with Crippen molar-refractivity contribution in [3.8, 4) is 0 Å². The van der Waals surface area contributed by atoms with Gasteiger partial charge < -0.3 is 38.3 Å². The average Bonchev–Trinajstić information content (AvgIpc) is 1.85. The number of aromatic amines is 6. The Hall–Kier alpha value is -17.0. The SMILES string of the molecule is c1c[nH]cn1.c1c[nH]cn1.c1cc2sccc2s1.c1cc[nH]c1.c1ccc2[nH]ccc2c1.c1ccc2[nH]cnc2c1.c1ccc2nccnc2c1.c1ccc2sccc2c1.c1ccncc1.c1ccncc1.c1ccoc1.c1ccsc1.c1cn[nH]c1.c1cnccn1.c1cncnc1.c1cncnc1.c1cncnc1.c1cnoc1.c1cnsc1.c1cocn1.c1cscn1. The molecule has 4 aromatic carbocycles. The lowest BCUT2D eigenvalue weighted by atomic mass is 10.3. The van der Waals surface area contributed by atoms with Gasteiger partial charge in [-0.2, -0.15) is 16.4 Å². The first-order valence-corrected chi connectivity index (χ1v) is 44.2. The molecule has 0 bridgehead atoms. The van der Waals surface area contributed by atoms with Crippen LogP contribution in [0.25, 0.3) is 52.5 Å². The number of oxazole rings is 1. The highest BCUT2D eigenvalue weighted by atomic mass is 32.1. The molecule has 0 radical (unpaired) electrons. The number of nitrogens with zero attached hydrogens (tertiary/aromatic N) is 20. The second kappa shape index (κ2) is 79.0. The molecule has 0 aliphatic carbocycles. The minimum atomic E-state index is 0.949. The molecule has 26 aromatic rings. The molecule has 0 aliphatic rings. The fraction of sp³-hybridized carbons (Fsp3) is 0. The van der Waals surface area contributed by atoms with E-state index in [2.05, 4.69) is 220 Å². The number of thiophene rings is 4. The molecule has 660 valence electrons. The number of furan rings is 1. The molecule has 0 spiro atoms. The van der Waals surface area contributed by atoms with E-state index < -0.39 is 0 Å². The molecule has 0 saturated carbocycles. The number of nitrogens with one attached hydrogen (secondary N) is 6. The van der Waals surface area contributed by atoms with Gasteiger partial charge in [-0.05, 0) is 195 Å². The van der Waals surface area contributed by atoms with Crippen LogP contribution in [0.5, 0.6) is 0 Å². The summed E-state index contributed by atoms with van der Waals surface area (Å²) in [6.45, 7) is 0. The molecule has 0 aliphatic heterocycles. The van der Waals surface area contributed by atoms with Crippen molar-refractivity contribution < 1.29 is 13.4 Å². The summed E-state index contributed by atoms with van der Waals surface area (Å²) in [6, 6.07) is 74.7. The highest BCUT2D eigenvalue weighted by molar-refractivity contribution is 7.25. The summed E-state index contributed by atoms with van der Waals surface area (Å²) in [4.78, 5) is 78.5. The Morgan fingerprint density at radius 2 is 0.802 bits per heavy atom. The van der Waals surface area contributed by atoms with E-state index in [1.54, 1.807) is 279 Å². The van der Waals surface area contributed by atoms with Crippen LogP contribution in [0.4, 0.5) is 0 Å². The van der Waals surface area contributed by atoms with E-state index in [-0.39, 0.29) is 0 Å². The molecule has 26 rings (SSSR count). The molecule has 0 atom stereocenters. The van der Waals surface area contributed by atoms with Crippen LogP contribution in [-0.2, 0) is 0 Å². The van der Waals surface area contributed by atoms with E-state index in [1.165, 1.54) is 79.8 Å².